The van der Waals surface area contributed by atoms with Crippen molar-refractivity contribution in [2.24, 2.45) is 0 Å². The summed E-state index contributed by atoms with van der Waals surface area (Å²) in [6.07, 6.45) is 3.21. The van der Waals surface area contributed by atoms with Gasteiger partial charge < -0.3 is 9.84 Å². The van der Waals surface area contributed by atoms with Crippen LogP contribution in [0.25, 0.3) is 0 Å². The largest absolute Gasteiger partial charge is 0.495 e. The second kappa shape index (κ2) is 4.96. The van der Waals surface area contributed by atoms with Gasteiger partial charge in [0.25, 0.3) is 0 Å². The standard InChI is InChI=1S/C14H14ClNO2/c1-14(17,10-4-3-5-12(15)6-10)11-7-13(18-2)9-16-8-11/h3-9,17H,1-2H3. The van der Waals surface area contributed by atoms with Gasteiger partial charge in [0.1, 0.15) is 11.4 Å². The first-order chi connectivity index (χ1) is 8.54. The molecule has 1 unspecified atom stereocenters. The van der Waals surface area contributed by atoms with E-state index in [0.717, 1.165) is 0 Å². The number of rotatable bonds is 3. The fraction of sp³-hybridized carbons (Fsp3) is 0.214. The number of benzene rings is 1. The van der Waals surface area contributed by atoms with Crippen LogP contribution in [0.1, 0.15) is 18.1 Å². The molecule has 3 nitrogen and oxygen atoms in total. The summed E-state index contributed by atoms with van der Waals surface area (Å²) in [5.74, 6) is 0.606. The highest BCUT2D eigenvalue weighted by atomic mass is 35.5. The van der Waals surface area contributed by atoms with Crippen molar-refractivity contribution in [3.8, 4) is 5.75 Å². The smallest absolute Gasteiger partial charge is 0.137 e. The molecule has 0 aliphatic heterocycles. The van der Waals surface area contributed by atoms with Crippen molar-refractivity contribution < 1.29 is 9.84 Å². The Balaban J connectivity index is 2.46. The molecule has 2 aromatic rings. The zero-order valence-electron chi connectivity index (χ0n) is 10.2. The first-order valence-electron chi connectivity index (χ1n) is 5.52. The number of hydrogen-bond donors (Lipinski definition) is 1. The van der Waals surface area contributed by atoms with Crippen molar-refractivity contribution in [1.82, 2.24) is 4.98 Å². The molecule has 1 heterocycles. The van der Waals surface area contributed by atoms with Crippen molar-refractivity contribution >= 4 is 11.6 Å². The molecule has 0 aliphatic rings. The molecule has 1 atom stereocenters. The zero-order valence-corrected chi connectivity index (χ0v) is 11.0. The lowest BCUT2D eigenvalue weighted by molar-refractivity contribution is 0.101. The van der Waals surface area contributed by atoms with Gasteiger partial charge in [-0.2, -0.15) is 0 Å². The SMILES string of the molecule is COc1cncc(C(C)(O)c2cccc(Cl)c2)c1. The molecular weight excluding hydrogens is 250 g/mol. The highest BCUT2D eigenvalue weighted by Gasteiger charge is 2.26. The van der Waals surface area contributed by atoms with E-state index in [1.165, 1.54) is 0 Å². The normalized spacial score (nSPS) is 14.0. The molecule has 18 heavy (non-hydrogen) atoms. The van der Waals surface area contributed by atoms with E-state index in [1.54, 1.807) is 50.7 Å². The van der Waals surface area contributed by atoms with Crippen LogP contribution in [0.3, 0.4) is 0 Å². The summed E-state index contributed by atoms with van der Waals surface area (Å²) >= 11 is 5.95. The maximum atomic E-state index is 10.6. The van der Waals surface area contributed by atoms with Crippen LogP contribution in [0, 0.1) is 0 Å². The average molecular weight is 264 g/mol. The van der Waals surface area contributed by atoms with Crippen LogP contribution in [0.5, 0.6) is 5.75 Å². The summed E-state index contributed by atoms with van der Waals surface area (Å²) < 4.78 is 5.11. The van der Waals surface area contributed by atoms with E-state index in [1.807, 2.05) is 6.07 Å². The van der Waals surface area contributed by atoms with Crippen LogP contribution in [-0.4, -0.2) is 17.2 Å². The van der Waals surface area contributed by atoms with Crippen molar-refractivity contribution in [1.29, 1.82) is 0 Å². The Morgan fingerprint density at radius 2 is 2.00 bits per heavy atom. The molecule has 0 radical (unpaired) electrons. The molecule has 0 saturated carbocycles. The fourth-order valence-corrected chi connectivity index (χ4v) is 1.94. The van der Waals surface area contributed by atoms with E-state index in [0.29, 0.717) is 21.9 Å². The molecular formula is C14H14ClNO2. The maximum absolute atomic E-state index is 10.6. The summed E-state index contributed by atoms with van der Waals surface area (Å²) in [5, 5.41) is 11.2. The van der Waals surface area contributed by atoms with E-state index < -0.39 is 5.60 Å². The first-order valence-corrected chi connectivity index (χ1v) is 5.90. The molecule has 0 aliphatic carbocycles. The predicted molar refractivity (Wildman–Crippen MR) is 70.9 cm³/mol. The number of aliphatic hydroxyl groups is 1. The van der Waals surface area contributed by atoms with Gasteiger partial charge in [-0.15, -0.1) is 0 Å². The Hall–Kier alpha value is -1.58. The molecule has 0 spiro atoms. The van der Waals surface area contributed by atoms with Crippen LogP contribution in [0.4, 0.5) is 0 Å². The number of nitrogens with zero attached hydrogens (tertiary/aromatic N) is 1. The van der Waals surface area contributed by atoms with Crippen LogP contribution in [0.15, 0.2) is 42.7 Å². The van der Waals surface area contributed by atoms with Crippen LogP contribution in [-0.2, 0) is 5.60 Å². The van der Waals surface area contributed by atoms with Crippen molar-refractivity contribution in [3.63, 3.8) is 0 Å². The van der Waals surface area contributed by atoms with E-state index in [9.17, 15) is 5.11 Å². The van der Waals surface area contributed by atoms with Gasteiger partial charge in [0.05, 0.1) is 13.3 Å². The minimum atomic E-state index is -1.16. The molecule has 0 bridgehead atoms. The number of ether oxygens (including phenoxy) is 1. The maximum Gasteiger partial charge on any atom is 0.137 e. The Bertz CT molecular complexity index is 555. The molecule has 94 valence electrons. The third-order valence-corrected chi connectivity index (χ3v) is 3.13. The third-order valence-electron chi connectivity index (χ3n) is 2.90. The Kier molecular flexibility index (Phi) is 3.55. The molecule has 1 N–H and O–H groups in total. The Morgan fingerprint density at radius 1 is 1.22 bits per heavy atom. The number of aromatic nitrogens is 1. The molecule has 1 aromatic heterocycles. The summed E-state index contributed by atoms with van der Waals surface area (Å²) in [4.78, 5) is 4.05. The Labute approximate surface area is 111 Å². The summed E-state index contributed by atoms with van der Waals surface area (Å²) in [6.45, 7) is 1.70. The predicted octanol–water partition coefficient (Wildman–Crippen LogP) is 3.00. The van der Waals surface area contributed by atoms with Crippen molar-refractivity contribution in [2.45, 2.75) is 12.5 Å². The summed E-state index contributed by atoms with van der Waals surface area (Å²) in [7, 11) is 1.56. The van der Waals surface area contributed by atoms with Gasteiger partial charge in [0, 0.05) is 16.8 Å². The number of methoxy groups -OCH3 is 1. The van der Waals surface area contributed by atoms with Crippen LogP contribution < -0.4 is 4.74 Å². The molecule has 0 fully saturated rings. The number of halogens is 1. The third kappa shape index (κ3) is 2.47. The summed E-state index contributed by atoms with van der Waals surface area (Å²) in [5.41, 5.74) is 0.209. The minimum absolute atomic E-state index is 0.587. The van der Waals surface area contributed by atoms with Crippen LogP contribution >= 0.6 is 11.6 Å². The van der Waals surface area contributed by atoms with Gasteiger partial charge >= 0.3 is 0 Å². The second-order valence-corrected chi connectivity index (χ2v) is 4.63. The number of hydrogen-bond acceptors (Lipinski definition) is 3. The number of pyridine rings is 1. The quantitative estimate of drug-likeness (QED) is 0.926. The van der Waals surface area contributed by atoms with E-state index in [-0.39, 0.29) is 0 Å². The molecule has 4 heteroatoms. The van der Waals surface area contributed by atoms with Crippen molar-refractivity contribution in [3.05, 3.63) is 58.9 Å². The Morgan fingerprint density at radius 3 is 2.67 bits per heavy atom. The topological polar surface area (TPSA) is 42.4 Å². The highest BCUT2D eigenvalue weighted by Crippen LogP contribution is 2.31. The van der Waals surface area contributed by atoms with Crippen molar-refractivity contribution in [2.75, 3.05) is 7.11 Å². The molecule has 0 amide bonds. The van der Waals surface area contributed by atoms with E-state index >= 15 is 0 Å². The molecule has 0 saturated heterocycles. The zero-order chi connectivity index (χ0) is 13.2. The highest BCUT2D eigenvalue weighted by molar-refractivity contribution is 6.30. The van der Waals surface area contributed by atoms with Gasteiger partial charge in [-0.3, -0.25) is 4.98 Å². The van der Waals surface area contributed by atoms with Gasteiger partial charge in [-0.25, -0.2) is 0 Å². The monoisotopic (exact) mass is 263 g/mol. The lowest BCUT2D eigenvalue weighted by atomic mass is 9.89. The van der Waals surface area contributed by atoms with E-state index in [2.05, 4.69) is 4.98 Å². The lowest BCUT2D eigenvalue weighted by Gasteiger charge is -2.24. The van der Waals surface area contributed by atoms with Gasteiger partial charge in [0.15, 0.2) is 0 Å². The van der Waals surface area contributed by atoms with Gasteiger partial charge in [-0.05, 0) is 30.7 Å². The van der Waals surface area contributed by atoms with E-state index in [4.69, 9.17) is 16.3 Å². The lowest BCUT2D eigenvalue weighted by Crippen LogP contribution is -2.23. The average Bonchev–Trinajstić information content (AvgIpc) is 2.39. The van der Waals surface area contributed by atoms with Gasteiger partial charge in [-0.1, -0.05) is 23.7 Å². The molecule has 1 aromatic carbocycles. The minimum Gasteiger partial charge on any atom is -0.495 e. The molecule has 2 rings (SSSR count). The van der Waals surface area contributed by atoms with Crippen LogP contribution in [0.2, 0.25) is 5.02 Å². The summed E-state index contributed by atoms with van der Waals surface area (Å²) in [6, 6.07) is 8.89. The second-order valence-electron chi connectivity index (χ2n) is 4.20. The van der Waals surface area contributed by atoms with Gasteiger partial charge in [0.2, 0.25) is 0 Å². The fourth-order valence-electron chi connectivity index (χ4n) is 1.75. The first kappa shape index (κ1) is 12.9.